The van der Waals surface area contributed by atoms with E-state index in [4.69, 9.17) is 9.47 Å². The molecule has 0 N–H and O–H groups in total. The van der Waals surface area contributed by atoms with Crippen LogP contribution in [0.3, 0.4) is 0 Å². The molecule has 0 bridgehead atoms. The Morgan fingerprint density at radius 3 is 1.23 bits per heavy atom. The smallest absolute Gasteiger partial charge is 0.343 e. The van der Waals surface area contributed by atoms with Crippen LogP contribution in [0.15, 0.2) is 91.5 Å². The highest BCUT2D eigenvalue weighted by Gasteiger charge is 2.17. The summed E-state index contributed by atoms with van der Waals surface area (Å²) >= 11 is 0. The highest BCUT2D eigenvalue weighted by atomic mass is 16.5. The lowest BCUT2D eigenvalue weighted by Gasteiger charge is -2.12. The number of esters is 2. The molecular weight excluding hydrogens is 661 g/mol. The standard InChI is InChI=1S/C45H52N4O4/c1-4-6-8-10-12-14-17-34-29-46-42(47-30-34)36-21-25-38(26-22-36)44(50)52-40-19-16-20-41(33(40)3)53-45(51)39-27-23-37(24-28-39)43-48-31-35(32-49-43)18-15-13-11-9-7-5-2/h16,19-32H,4-15,17-18H2,1-3H3. The lowest BCUT2D eigenvalue weighted by atomic mass is 10.1. The van der Waals surface area contributed by atoms with Crippen molar-refractivity contribution in [3.8, 4) is 34.3 Å². The molecule has 2 heterocycles. The van der Waals surface area contributed by atoms with Crippen molar-refractivity contribution in [2.24, 2.45) is 0 Å². The average molecular weight is 713 g/mol. The minimum Gasteiger partial charge on any atom is -0.423 e. The molecule has 0 fully saturated rings. The number of nitrogens with zero attached hydrogens (tertiary/aromatic N) is 4. The van der Waals surface area contributed by atoms with Crippen LogP contribution in [0.5, 0.6) is 11.5 Å². The SMILES string of the molecule is CCCCCCCCc1cnc(-c2ccc(C(=O)Oc3cccc(OC(=O)c4ccc(-c5ncc(CCCCCCCC)cn5)cc4)c3C)cc2)nc1. The first-order chi connectivity index (χ1) is 25.9. The van der Waals surface area contributed by atoms with E-state index >= 15 is 0 Å². The Balaban J connectivity index is 1.11. The van der Waals surface area contributed by atoms with Gasteiger partial charge in [-0.25, -0.2) is 29.5 Å². The lowest BCUT2D eigenvalue weighted by Crippen LogP contribution is -2.12. The number of aromatic nitrogens is 4. The molecule has 2 aromatic heterocycles. The number of ether oxygens (including phenoxy) is 2. The van der Waals surface area contributed by atoms with Crippen LogP contribution < -0.4 is 9.47 Å². The normalized spacial score (nSPS) is 11.0. The van der Waals surface area contributed by atoms with Crippen molar-refractivity contribution in [1.82, 2.24) is 19.9 Å². The summed E-state index contributed by atoms with van der Waals surface area (Å²) in [6, 6.07) is 19.1. The zero-order chi connectivity index (χ0) is 37.3. The Bertz CT molecular complexity index is 1740. The highest BCUT2D eigenvalue weighted by molar-refractivity contribution is 5.93. The molecule has 0 aliphatic carbocycles. The molecule has 0 aliphatic heterocycles. The molecule has 0 amide bonds. The van der Waals surface area contributed by atoms with Gasteiger partial charge < -0.3 is 9.47 Å². The quantitative estimate of drug-likeness (QED) is 0.0446. The number of carbonyl (C=O) groups is 2. The Morgan fingerprint density at radius 1 is 0.491 bits per heavy atom. The molecule has 8 nitrogen and oxygen atoms in total. The maximum Gasteiger partial charge on any atom is 0.343 e. The molecule has 0 radical (unpaired) electrons. The third-order valence-corrected chi connectivity index (χ3v) is 9.45. The van der Waals surface area contributed by atoms with Gasteiger partial charge in [-0.2, -0.15) is 0 Å². The van der Waals surface area contributed by atoms with Crippen molar-refractivity contribution in [3.05, 3.63) is 119 Å². The number of hydrogen-bond donors (Lipinski definition) is 0. The fourth-order valence-electron chi connectivity index (χ4n) is 6.13. The van der Waals surface area contributed by atoms with E-state index in [-0.39, 0.29) is 0 Å². The highest BCUT2D eigenvalue weighted by Crippen LogP contribution is 2.29. The van der Waals surface area contributed by atoms with Gasteiger partial charge in [-0.3, -0.25) is 0 Å². The lowest BCUT2D eigenvalue weighted by molar-refractivity contribution is 0.0730. The first-order valence-electron chi connectivity index (χ1n) is 19.3. The molecule has 276 valence electrons. The van der Waals surface area contributed by atoms with Crippen molar-refractivity contribution in [2.75, 3.05) is 0 Å². The van der Waals surface area contributed by atoms with Gasteiger partial charge in [-0.05, 0) is 80.1 Å². The number of carbonyl (C=O) groups excluding carboxylic acids is 2. The second-order valence-corrected chi connectivity index (χ2v) is 13.7. The zero-order valence-electron chi connectivity index (χ0n) is 31.5. The molecule has 53 heavy (non-hydrogen) atoms. The van der Waals surface area contributed by atoms with Gasteiger partial charge >= 0.3 is 11.9 Å². The Hall–Kier alpha value is -5.24. The van der Waals surface area contributed by atoms with Crippen LogP contribution in [0.25, 0.3) is 22.8 Å². The van der Waals surface area contributed by atoms with Gasteiger partial charge in [0.2, 0.25) is 0 Å². The number of rotatable bonds is 20. The minimum atomic E-state index is -0.522. The third-order valence-electron chi connectivity index (χ3n) is 9.45. The predicted molar refractivity (Wildman–Crippen MR) is 210 cm³/mol. The van der Waals surface area contributed by atoms with Crippen LogP contribution in [-0.4, -0.2) is 31.9 Å². The number of hydrogen-bond acceptors (Lipinski definition) is 8. The van der Waals surface area contributed by atoms with Gasteiger partial charge in [0.25, 0.3) is 0 Å². The molecule has 8 heteroatoms. The summed E-state index contributed by atoms with van der Waals surface area (Å²) in [7, 11) is 0. The fourth-order valence-corrected chi connectivity index (χ4v) is 6.13. The Labute approximate surface area is 314 Å². The molecule has 5 aromatic rings. The van der Waals surface area contributed by atoms with Crippen LogP contribution in [0.4, 0.5) is 0 Å². The fraction of sp³-hybridized carbons (Fsp3) is 0.378. The number of benzene rings is 3. The first-order valence-corrected chi connectivity index (χ1v) is 19.3. The topological polar surface area (TPSA) is 104 Å². The van der Waals surface area contributed by atoms with E-state index in [0.717, 1.165) is 47.9 Å². The van der Waals surface area contributed by atoms with Crippen molar-refractivity contribution in [1.29, 1.82) is 0 Å². The van der Waals surface area contributed by atoms with Crippen molar-refractivity contribution >= 4 is 11.9 Å². The van der Waals surface area contributed by atoms with E-state index in [1.165, 1.54) is 64.2 Å². The largest absolute Gasteiger partial charge is 0.423 e. The van der Waals surface area contributed by atoms with Crippen LogP contribution in [0.2, 0.25) is 0 Å². The van der Waals surface area contributed by atoms with E-state index in [0.29, 0.717) is 39.8 Å². The second kappa shape index (κ2) is 20.7. The van der Waals surface area contributed by atoms with Crippen molar-refractivity contribution in [3.63, 3.8) is 0 Å². The molecule has 0 atom stereocenters. The maximum atomic E-state index is 13.1. The van der Waals surface area contributed by atoms with E-state index in [1.54, 1.807) is 49.4 Å². The maximum absolute atomic E-state index is 13.1. The molecule has 3 aromatic carbocycles. The zero-order valence-corrected chi connectivity index (χ0v) is 31.5. The van der Waals surface area contributed by atoms with Crippen LogP contribution in [-0.2, 0) is 12.8 Å². The van der Waals surface area contributed by atoms with Crippen LogP contribution >= 0.6 is 0 Å². The molecule has 0 saturated carbocycles. The molecule has 5 rings (SSSR count). The van der Waals surface area contributed by atoms with Gasteiger partial charge in [0.1, 0.15) is 11.5 Å². The van der Waals surface area contributed by atoms with E-state index in [9.17, 15) is 9.59 Å². The first kappa shape index (κ1) is 39.0. The summed E-state index contributed by atoms with van der Waals surface area (Å²) in [5.74, 6) is 0.788. The van der Waals surface area contributed by atoms with Gasteiger partial charge in [-0.1, -0.05) is 108 Å². The monoisotopic (exact) mass is 712 g/mol. The summed E-state index contributed by atoms with van der Waals surface area (Å²) in [5, 5.41) is 0. The Kier molecular flexibility index (Phi) is 15.2. The summed E-state index contributed by atoms with van der Waals surface area (Å²) in [6.45, 7) is 6.21. The number of unbranched alkanes of at least 4 members (excludes halogenated alkanes) is 10. The molecule has 0 spiro atoms. The van der Waals surface area contributed by atoms with Gasteiger partial charge in [0.15, 0.2) is 11.6 Å². The summed E-state index contributed by atoms with van der Waals surface area (Å²) in [5.41, 5.74) is 5.20. The summed E-state index contributed by atoms with van der Waals surface area (Å²) in [6.07, 6.45) is 24.6. The third kappa shape index (κ3) is 11.9. The molecule has 0 aliphatic rings. The summed E-state index contributed by atoms with van der Waals surface area (Å²) in [4.78, 5) is 44.4. The van der Waals surface area contributed by atoms with E-state index in [2.05, 4.69) is 33.8 Å². The van der Waals surface area contributed by atoms with E-state index in [1.807, 2.05) is 49.1 Å². The van der Waals surface area contributed by atoms with Crippen molar-refractivity contribution < 1.29 is 19.1 Å². The molecular formula is C45H52N4O4. The van der Waals surface area contributed by atoms with Crippen LogP contribution in [0, 0.1) is 6.92 Å². The van der Waals surface area contributed by atoms with Gasteiger partial charge in [0, 0.05) is 41.5 Å². The summed E-state index contributed by atoms with van der Waals surface area (Å²) < 4.78 is 11.5. The van der Waals surface area contributed by atoms with E-state index < -0.39 is 11.9 Å². The predicted octanol–water partition coefficient (Wildman–Crippen LogP) is 11.2. The second-order valence-electron chi connectivity index (χ2n) is 13.7. The van der Waals surface area contributed by atoms with Crippen LogP contribution in [0.1, 0.15) is 128 Å². The molecule has 0 unspecified atom stereocenters. The van der Waals surface area contributed by atoms with Gasteiger partial charge in [-0.15, -0.1) is 0 Å². The van der Waals surface area contributed by atoms with Gasteiger partial charge in [0.05, 0.1) is 11.1 Å². The van der Waals surface area contributed by atoms with Crippen molar-refractivity contribution in [2.45, 2.75) is 111 Å². The molecule has 0 saturated heterocycles. The average Bonchev–Trinajstić information content (AvgIpc) is 3.19. The Morgan fingerprint density at radius 2 is 0.849 bits per heavy atom. The minimum absolute atomic E-state index is 0.307. The number of aryl methyl sites for hydroxylation is 2.